The highest BCUT2D eigenvalue weighted by Crippen LogP contribution is 2.35. The molecule has 0 bridgehead atoms. The Balaban J connectivity index is 0.00000102. The van der Waals surface area contributed by atoms with Crippen molar-refractivity contribution in [1.82, 2.24) is 20.3 Å². The number of hydrogen-bond donors (Lipinski definition) is 3. The molecule has 37 heavy (non-hydrogen) atoms. The number of hydrogen-bond acceptors (Lipinski definition) is 7. The van der Waals surface area contributed by atoms with E-state index in [1.807, 2.05) is 26.1 Å². The maximum absolute atomic E-state index is 15.1. The van der Waals surface area contributed by atoms with E-state index in [4.69, 9.17) is 9.47 Å². The summed E-state index contributed by atoms with van der Waals surface area (Å²) in [6, 6.07) is 7.04. The molecule has 1 aliphatic carbocycles. The molecule has 0 spiro atoms. The van der Waals surface area contributed by atoms with Crippen molar-refractivity contribution in [2.24, 2.45) is 5.92 Å². The van der Waals surface area contributed by atoms with E-state index < -0.39 is 5.82 Å². The molecular formula is C28H37FN6O2. The van der Waals surface area contributed by atoms with Crippen LogP contribution < -0.4 is 20.3 Å². The summed E-state index contributed by atoms with van der Waals surface area (Å²) in [5.74, 6) is 1.39. The third-order valence-electron chi connectivity index (χ3n) is 5.99. The number of aryl methyl sites for hydroxylation is 1. The van der Waals surface area contributed by atoms with Crippen LogP contribution in [0, 0.1) is 18.7 Å². The van der Waals surface area contributed by atoms with Gasteiger partial charge < -0.3 is 30.0 Å². The number of halogens is 1. The molecule has 9 heteroatoms. The molecule has 5 rings (SSSR count). The number of allylic oxidation sites excluding steroid dienone is 2. The maximum Gasteiger partial charge on any atom is 0.326 e. The highest BCUT2D eigenvalue weighted by Gasteiger charge is 2.25. The molecule has 2 aliphatic rings. The molecule has 1 saturated heterocycles. The first-order valence-corrected chi connectivity index (χ1v) is 12.9. The van der Waals surface area contributed by atoms with Gasteiger partial charge in [-0.1, -0.05) is 26.8 Å². The Morgan fingerprint density at radius 1 is 1.24 bits per heavy atom. The second-order valence-corrected chi connectivity index (χ2v) is 9.37. The lowest BCUT2D eigenvalue weighted by molar-refractivity contribution is 0.122. The molecule has 2 fully saturated rings. The van der Waals surface area contributed by atoms with E-state index in [-0.39, 0.29) is 11.8 Å². The summed E-state index contributed by atoms with van der Waals surface area (Å²) in [6.07, 6.45) is 5.61. The first-order valence-electron chi connectivity index (χ1n) is 12.9. The van der Waals surface area contributed by atoms with Gasteiger partial charge in [0, 0.05) is 54.2 Å². The molecule has 198 valence electrons. The van der Waals surface area contributed by atoms with Gasteiger partial charge in [-0.2, -0.15) is 9.97 Å². The van der Waals surface area contributed by atoms with Crippen LogP contribution in [-0.4, -0.2) is 48.3 Å². The SMILES string of the molecule is C=C(/C=C(\NC)C1CC1)Nc1cc(N2CCOCC2)nc(Oc2ccc3[nH]c(C)cc3c2F)n1.CCC. The van der Waals surface area contributed by atoms with Gasteiger partial charge in [0.1, 0.15) is 11.6 Å². The summed E-state index contributed by atoms with van der Waals surface area (Å²) in [7, 11) is 1.92. The molecule has 1 saturated carbocycles. The van der Waals surface area contributed by atoms with Crippen LogP contribution in [0.4, 0.5) is 16.0 Å². The zero-order chi connectivity index (χ0) is 26.4. The Hall–Kier alpha value is -3.59. The van der Waals surface area contributed by atoms with Crippen molar-refractivity contribution in [3.8, 4) is 11.8 Å². The minimum atomic E-state index is -0.452. The average molecular weight is 509 g/mol. The summed E-state index contributed by atoms with van der Waals surface area (Å²) in [6.45, 7) is 12.9. The number of fused-ring (bicyclic) bond motifs is 1. The van der Waals surface area contributed by atoms with Gasteiger partial charge in [0.15, 0.2) is 11.6 Å². The summed E-state index contributed by atoms with van der Waals surface area (Å²) in [4.78, 5) is 14.3. The fourth-order valence-corrected chi connectivity index (χ4v) is 4.12. The van der Waals surface area contributed by atoms with Crippen molar-refractivity contribution in [3.05, 3.63) is 59.8 Å². The number of benzene rings is 1. The van der Waals surface area contributed by atoms with Gasteiger partial charge in [0.2, 0.25) is 0 Å². The molecule has 0 unspecified atom stereocenters. The van der Waals surface area contributed by atoms with Crippen molar-refractivity contribution in [2.75, 3.05) is 43.6 Å². The van der Waals surface area contributed by atoms with Crippen LogP contribution in [0.15, 0.2) is 48.3 Å². The number of aromatic amines is 1. The van der Waals surface area contributed by atoms with Gasteiger partial charge in [0.25, 0.3) is 0 Å². The van der Waals surface area contributed by atoms with E-state index in [0.717, 1.165) is 11.4 Å². The van der Waals surface area contributed by atoms with E-state index >= 15 is 4.39 Å². The van der Waals surface area contributed by atoms with Crippen molar-refractivity contribution < 1.29 is 13.9 Å². The molecule has 0 amide bonds. The summed E-state index contributed by atoms with van der Waals surface area (Å²) in [5, 5.41) is 6.96. The van der Waals surface area contributed by atoms with Gasteiger partial charge in [-0.05, 0) is 50.0 Å². The van der Waals surface area contributed by atoms with Gasteiger partial charge >= 0.3 is 6.01 Å². The van der Waals surface area contributed by atoms with E-state index in [1.165, 1.54) is 19.3 Å². The molecular weight excluding hydrogens is 471 g/mol. The third kappa shape index (κ3) is 6.80. The number of morpholine rings is 1. The number of H-pyrrole nitrogens is 1. The Morgan fingerprint density at radius 2 is 1.97 bits per heavy atom. The minimum absolute atomic E-state index is 0.0600. The Bertz CT molecular complexity index is 1260. The second kappa shape index (κ2) is 12.1. The van der Waals surface area contributed by atoms with Crippen molar-refractivity contribution in [2.45, 2.75) is 40.0 Å². The Kier molecular flexibility index (Phi) is 8.66. The quantitative estimate of drug-likeness (QED) is 0.327. The van der Waals surface area contributed by atoms with Crippen LogP contribution in [0.1, 0.15) is 38.8 Å². The molecule has 3 N–H and O–H groups in total. The lowest BCUT2D eigenvalue weighted by Gasteiger charge is -2.28. The molecule has 1 aromatic carbocycles. The van der Waals surface area contributed by atoms with Crippen LogP contribution in [0.25, 0.3) is 10.9 Å². The number of rotatable bonds is 8. The zero-order valence-electron chi connectivity index (χ0n) is 22.2. The number of anilines is 2. The second-order valence-electron chi connectivity index (χ2n) is 9.37. The molecule has 8 nitrogen and oxygen atoms in total. The van der Waals surface area contributed by atoms with E-state index in [9.17, 15) is 0 Å². The van der Waals surface area contributed by atoms with Crippen LogP contribution in [0.5, 0.6) is 11.8 Å². The molecule has 0 atom stereocenters. The number of ether oxygens (including phenoxy) is 2. The minimum Gasteiger partial charge on any atom is -0.421 e. The van der Waals surface area contributed by atoms with Gasteiger partial charge in [-0.3, -0.25) is 0 Å². The van der Waals surface area contributed by atoms with Crippen LogP contribution in [0.2, 0.25) is 0 Å². The van der Waals surface area contributed by atoms with Gasteiger partial charge in [-0.15, -0.1) is 0 Å². The average Bonchev–Trinajstić information content (AvgIpc) is 3.66. The fourth-order valence-electron chi connectivity index (χ4n) is 4.12. The topological polar surface area (TPSA) is 87.3 Å². The van der Waals surface area contributed by atoms with Crippen molar-refractivity contribution in [1.29, 1.82) is 0 Å². The maximum atomic E-state index is 15.1. The van der Waals surface area contributed by atoms with E-state index in [0.29, 0.717) is 60.5 Å². The van der Waals surface area contributed by atoms with Crippen molar-refractivity contribution in [3.63, 3.8) is 0 Å². The van der Waals surface area contributed by atoms with E-state index in [1.54, 1.807) is 18.2 Å². The smallest absolute Gasteiger partial charge is 0.326 e. The largest absolute Gasteiger partial charge is 0.421 e. The number of nitrogens with zero attached hydrogens (tertiary/aromatic N) is 3. The predicted molar refractivity (Wildman–Crippen MR) is 147 cm³/mol. The molecule has 3 aromatic rings. The van der Waals surface area contributed by atoms with Gasteiger partial charge in [-0.25, -0.2) is 4.39 Å². The Morgan fingerprint density at radius 3 is 2.65 bits per heavy atom. The third-order valence-corrected chi connectivity index (χ3v) is 5.99. The van der Waals surface area contributed by atoms with Crippen molar-refractivity contribution >= 4 is 22.5 Å². The lowest BCUT2D eigenvalue weighted by atomic mass is 10.2. The molecule has 1 aliphatic heterocycles. The highest BCUT2D eigenvalue weighted by atomic mass is 19.1. The van der Waals surface area contributed by atoms with Crippen LogP contribution >= 0.6 is 0 Å². The molecule has 2 aromatic heterocycles. The summed E-state index contributed by atoms with van der Waals surface area (Å²) >= 11 is 0. The monoisotopic (exact) mass is 508 g/mol. The van der Waals surface area contributed by atoms with Crippen LogP contribution in [0.3, 0.4) is 0 Å². The number of nitrogens with one attached hydrogen (secondary N) is 3. The summed E-state index contributed by atoms with van der Waals surface area (Å²) in [5.41, 5.74) is 3.44. The predicted octanol–water partition coefficient (Wildman–Crippen LogP) is 5.89. The number of aromatic nitrogens is 3. The summed E-state index contributed by atoms with van der Waals surface area (Å²) < 4.78 is 26.5. The van der Waals surface area contributed by atoms with Gasteiger partial charge in [0.05, 0.1) is 13.2 Å². The zero-order valence-corrected chi connectivity index (χ0v) is 22.2. The fraction of sp³-hybridized carbons (Fsp3) is 0.429. The molecule has 3 heterocycles. The standard InChI is InChI=1S/C25H29FN6O2.C3H8/c1-15-12-18-19(28-15)6-7-21(24(18)26)34-25-30-22(14-23(31-25)32-8-10-33-11-9-32)29-16(2)13-20(27-3)17-4-5-17;1-3-2/h6-7,12-14,17,27-28H,2,4-5,8-11H2,1,3H3,(H,29,30,31);3H2,1-2H3/b20-13-;. The normalized spacial score (nSPS) is 15.7. The first-order chi connectivity index (χ1) is 17.9. The lowest BCUT2D eigenvalue weighted by Crippen LogP contribution is -2.36. The van der Waals surface area contributed by atoms with E-state index in [2.05, 4.69) is 50.9 Å². The van der Waals surface area contributed by atoms with Crippen LogP contribution in [-0.2, 0) is 4.74 Å². The molecule has 0 radical (unpaired) electrons. The first kappa shape index (κ1) is 26.5. The highest BCUT2D eigenvalue weighted by molar-refractivity contribution is 5.82. The Labute approximate surface area is 218 Å².